The molecular weight excluding hydrogens is 194 g/mol. The van der Waals surface area contributed by atoms with Crippen LogP contribution in [0.2, 0.25) is 0 Å². The number of aliphatic hydroxyl groups excluding tert-OH is 1. The van der Waals surface area contributed by atoms with Crippen molar-refractivity contribution in [3.8, 4) is 0 Å². The third kappa shape index (κ3) is 7.73. The topological polar surface area (TPSA) is 41.9 Å². The summed E-state index contributed by atoms with van der Waals surface area (Å²) in [6.45, 7) is 8.35. The lowest BCUT2D eigenvalue weighted by atomic mass is 9.94. The molecule has 0 saturated heterocycles. The number of methoxy groups -OCH3 is 2. The standard InChI is InChI=1S/C11H25NO3/c1-11(2,10-13)9-12(5-7-14-3)6-8-15-4/h13H,5-10H2,1-4H3. The van der Waals surface area contributed by atoms with Crippen molar-refractivity contribution in [1.82, 2.24) is 4.90 Å². The van der Waals surface area contributed by atoms with Crippen molar-refractivity contribution in [1.29, 1.82) is 0 Å². The fraction of sp³-hybridized carbons (Fsp3) is 1.00. The summed E-state index contributed by atoms with van der Waals surface area (Å²) in [6, 6.07) is 0. The maximum Gasteiger partial charge on any atom is 0.0589 e. The Kier molecular flexibility index (Phi) is 7.96. The minimum Gasteiger partial charge on any atom is -0.396 e. The Balaban J connectivity index is 3.98. The Morgan fingerprint density at radius 1 is 1.07 bits per heavy atom. The van der Waals surface area contributed by atoms with Crippen LogP contribution in [0.5, 0.6) is 0 Å². The van der Waals surface area contributed by atoms with Crippen molar-refractivity contribution in [2.24, 2.45) is 5.41 Å². The molecule has 0 spiro atoms. The van der Waals surface area contributed by atoms with E-state index in [4.69, 9.17) is 9.47 Å². The average molecular weight is 219 g/mol. The molecule has 0 unspecified atom stereocenters. The van der Waals surface area contributed by atoms with Crippen molar-refractivity contribution in [3.63, 3.8) is 0 Å². The molecule has 0 aromatic heterocycles. The van der Waals surface area contributed by atoms with E-state index in [1.807, 2.05) is 0 Å². The van der Waals surface area contributed by atoms with Crippen molar-refractivity contribution in [2.45, 2.75) is 13.8 Å². The second kappa shape index (κ2) is 8.05. The Morgan fingerprint density at radius 3 is 1.87 bits per heavy atom. The number of hydrogen-bond acceptors (Lipinski definition) is 4. The van der Waals surface area contributed by atoms with Crippen molar-refractivity contribution in [3.05, 3.63) is 0 Å². The van der Waals surface area contributed by atoms with Crippen LogP contribution in [-0.4, -0.2) is 63.7 Å². The molecule has 0 amide bonds. The first-order chi connectivity index (χ1) is 7.05. The zero-order chi connectivity index (χ0) is 11.7. The number of nitrogens with zero attached hydrogens (tertiary/aromatic N) is 1. The van der Waals surface area contributed by atoms with Crippen molar-refractivity contribution in [2.75, 3.05) is 53.7 Å². The van der Waals surface area contributed by atoms with Crippen LogP contribution in [0.3, 0.4) is 0 Å². The molecule has 0 aliphatic rings. The lowest BCUT2D eigenvalue weighted by Gasteiger charge is -2.31. The summed E-state index contributed by atoms with van der Waals surface area (Å²) in [6.07, 6.45) is 0. The highest BCUT2D eigenvalue weighted by atomic mass is 16.5. The summed E-state index contributed by atoms with van der Waals surface area (Å²) < 4.78 is 10.1. The first kappa shape index (κ1) is 14.8. The molecule has 0 fully saturated rings. The molecule has 15 heavy (non-hydrogen) atoms. The smallest absolute Gasteiger partial charge is 0.0589 e. The lowest BCUT2D eigenvalue weighted by Crippen LogP contribution is -2.40. The average Bonchev–Trinajstić information content (AvgIpc) is 2.22. The summed E-state index contributed by atoms with van der Waals surface area (Å²) in [5.74, 6) is 0. The van der Waals surface area contributed by atoms with Crippen LogP contribution in [0.4, 0.5) is 0 Å². The molecule has 0 heterocycles. The highest BCUT2D eigenvalue weighted by Gasteiger charge is 2.20. The Morgan fingerprint density at radius 2 is 1.53 bits per heavy atom. The van der Waals surface area contributed by atoms with E-state index in [-0.39, 0.29) is 12.0 Å². The first-order valence-electron chi connectivity index (χ1n) is 5.37. The third-order valence-electron chi connectivity index (χ3n) is 2.30. The molecule has 1 N–H and O–H groups in total. The SMILES string of the molecule is COCCN(CCOC)CC(C)(C)CO. The van der Waals surface area contributed by atoms with Crippen LogP contribution in [0.1, 0.15) is 13.8 Å². The predicted octanol–water partition coefficient (Wildman–Crippen LogP) is 0.600. The van der Waals surface area contributed by atoms with Gasteiger partial charge in [-0.3, -0.25) is 4.90 Å². The Hall–Kier alpha value is -0.160. The zero-order valence-corrected chi connectivity index (χ0v) is 10.5. The van der Waals surface area contributed by atoms with Gasteiger partial charge < -0.3 is 14.6 Å². The fourth-order valence-electron chi connectivity index (χ4n) is 1.37. The molecule has 92 valence electrons. The van der Waals surface area contributed by atoms with Crippen LogP contribution in [0, 0.1) is 5.41 Å². The molecule has 0 saturated carbocycles. The molecule has 4 nitrogen and oxygen atoms in total. The van der Waals surface area contributed by atoms with Crippen molar-refractivity contribution < 1.29 is 14.6 Å². The number of aliphatic hydroxyl groups is 1. The van der Waals surface area contributed by atoms with Crippen LogP contribution in [0.25, 0.3) is 0 Å². The molecule has 0 aliphatic carbocycles. The number of hydrogen-bond donors (Lipinski definition) is 1. The molecule has 0 bridgehead atoms. The van der Waals surface area contributed by atoms with E-state index in [1.165, 1.54) is 0 Å². The number of rotatable bonds is 9. The van der Waals surface area contributed by atoms with E-state index >= 15 is 0 Å². The van der Waals surface area contributed by atoms with Gasteiger partial charge in [0.25, 0.3) is 0 Å². The van der Waals surface area contributed by atoms with Gasteiger partial charge in [-0.25, -0.2) is 0 Å². The lowest BCUT2D eigenvalue weighted by molar-refractivity contribution is 0.0641. The first-order valence-corrected chi connectivity index (χ1v) is 5.37. The molecule has 0 rings (SSSR count). The summed E-state index contributed by atoms with van der Waals surface area (Å²) in [7, 11) is 3.40. The highest BCUT2D eigenvalue weighted by Crippen LogP contribution is 2.15. The van der Waals surface area contributed by atoms with Gasteiger partial charge in [0, 0.05) is 45.9 Å². The van der Waals surface area contributed by atoms with Crippen LogP contribution in [-0.2, 0) is 9.47 Å². The highest BCUT2D eigenvalue weighted by molar-refractivity contribution is 4.72. The Bertz CT molecular complexity index is 143. The summed E-state index contributed by atoms with van der Waals surface area (Å²) in [5.41, 5.74) is -0.0680. The summed E-state index contributed by atoms with van der Waals surface area (Å²) in [4.78, 5) is 2.25. The minimum atomic E-state index is -0.0680. The minimum absolute atomic E-state index is 0.0680. The van der Waals surface area contributed by atoms with Gasteiger partial charge in [-0.05, 0) is 0 Å². The van der Waals surface area contributed by atoms with Gasteiger partial charge in [0.05, 0.1) is 13.2 Å². The van der Waals surface area contributed by atoms with E-state index in [1.54, 1.807) is 14.2 Å². The molecule has 0 radical (unpaired) electrons. The van der Waals surface area contributed by atoms with E-state index in [9.17, 15) is 5.11 Å². The van der Waals surface area contributed by atoms with Gasteiger partial charge in [0.1, 0.15) is 0 Å². The van der Waals surface area contributed by atoms with E-state index in [2.05, 4.69) is 18.7 Å². The second-order valence-electron chi connectivity index (χ2n) is 4.58. The molecule has 0 atom stereocenters. The Labute approximate surface area is 93.2 Å². The van der Waals surface area contributed by atoms with Crippen LogP contribution >= 0.6 is 0 Å². The van der Waals surface area contributed by atoms with Gasteiger partial charge in [0.2, 0.25) is 0 Å². The van der Waals surface area contributed by atoms with Gasteiger partial charge in [-0.1, -0.05) is 13.8 Å². The van der Waals surface area contributed by atoms with Gasteiger partial charge >= 0.3 is 0 Å². The second-order valence-corrected chi connectivity index (χ2v) is 4.58. The summed E-state index contributed by atoms with van der Waals surface area (Å²) >= 11 is 0. The maximum atomic E-state index is 9.20. The molecule has 0 aliphatic heterocycles. The van der Waals surface area contributed by atoms with Gasteiger partial charge in [0.15, 0.2) is 0 Å². The molecule has 0 aromatic rings. The van der Waals surface area contributed by atoms with Gasteiger partial charge in [-0.2, -0.15) is 0 Å². The van der Waals surface area contributed by atoms with Crippen molar-refractivity contribution >= 4 is 0 Å². The molecule has 0 aromatic carbocycles. The summed E-state index contributed by atoms with van der Waals surface area (Å²) in [5, 5.41) is 9.20. The normalized spacial score (nSPS) is 12.4. The predicted molar refractivity (Wildman–Crippen MR) is 61.1 cm³/mol. The zero-order valence-electron chi connectivity index (χ0n) is 10.5. The van der Waals surface area contributed by atoms with E-state index < -0.39 is 0 Å². The van der Waals surface area contributed by atoms with E-state index in [0.717, 1.165) is 19.6 Å². The quantitative estimate of drug-likeness (QED) is 0.616. The van der Waals surface area contributed by atoms with E-state index in [0.29, 0.717) is 13.2 Å². The van der Waals surface area contributed by atoms with Gasteiger partial charge in [-0.15, -0.1) is 0 Å². The van der Waals surface area contributed by atoms with Crippen LogP contribution in [0.15, 0.2) is 0 Å². The monoisotopic (exact) mass is 219 g/mol. The molecule has 4 heteroatoms. The number of ether oxygens (including phenoxy) is 2. The maximum absolute atomic E-state index is 9.20. The largest absolute Gasteiger partial charge is 0.396 e. The fourth-order valence-corrected chi connectivity index (χ4v) is 1.37. The molecular formula is C11H25NO3. The third-order valence-corrected chi connectivity index (χ3v) is 2.30. The van der Waals surface area contributed by atoms with Crippen LogP contribution < -0.4 is 0 Å².